The third-order valence-corrected chi connectivity index (χ3v) is 4.99. The van der Waals surface area contributed by atoms with Crippen LogP contribution in [0.3, 0.4) is 0 Å². The molecule has 0 bridgehead atoms. The number of halogens is 3. The zero-order valence-corrected chi connectivity index (χ0v) is 15.6. The van der Waals surface area contributed by atoms with Gasteiger partial charge in [-0.3, -0.25) is 0 Å². The van der Waals surface area contributed by atoms with Crippen LogP contribution < -0.4 is 10.1 Å². The maximum absolute atomic E-state index is 6.40. The fourth-order valence-corrected chi connectivity index (χ4v) is 3.74. The van der Waals surface area contributed by atoms with Crippen molar-refractivity contribution < 1.29 is 4.74 Å². The van der Waals surface area contributed by atoms with Crippen LogP contribution in [0.2, 0.25) is 15.1 Å². The molecule has 4 rings (SSSR count). The largest absolute Gasteiger partial charge is 0.494 e. The van der Waals surface area contributed by atoms with Crippen LogP contribution in [0, 0.1) is 0 Å². The fourth-order valence-electron chi connectivity index (χ4n) is 3.08. The molecule has 7 heteroatoms. The van der Waals surface area contributed by atoms with Crippen molar-refractivity contribution >= 4 is 40.6 Å². The van der Waals surface area contributed by atoms with Gasteiger partial charge in [0, 0.05) is 27.7 Å². The highest BCUT2D eigenvalue weighted by Gasteiger charge is 2.26. The van der Waals surface area contributed by atoms with Crippen molar-refractivity contribution in [3.63, 3.8) is 0 Å². The van der Waals surface area contributed by atoms with E-state index in [1.807, 2.05) is 28.9 Å². The first-order valence-electron chi connectivity index (χ1n) is 7.73. The summed E-state index contributed by atoms with van der Waals surface area (Å²) in [6.45, 7) is 0.842. The molecule has 0 atom stereocenters. The number of hydrogen-bond donors (Lipinski definition) is 1. The normalized spacial score (nSPS) is 12.8. The number of nitrogens with zero attached hydrogens (tertiary/aromatic N) is 2. The Bertz CT molecular complexity index is 968. The van der Waals surface area contributed by atoms with Crippen LogP contribution in [0.25, 0.3) is 16.9 Å². The molecular weight excluding hydrogens is 381 g/mol. The minimum atomic E-state index is 0.574. The second-order valence-corrected chi connectivity index (χ2v) is 6.98. The molecule has 1 aliphatic rings. The number of fused-ring (bicyclic) bond motifs is 1. The smallest absolute Gasteiger partial charge is 0.144 e. The van der Waals surface area contributed by atoms with Crippen molar-refractivity contribution in [2.24, 2.45) is 0 Å². The van der Waals surface area contributed by atoms with Gasteiger partial charge in [-0.2, -0.15) is 5.10 Å². The molecule has 128 valence electrons. The molecule has 25 heavy (non-hydrogen) atoms. The minimum absolute atomic E-state index is 0.574. The van der Waals surface area contributed by atoms with Gasteiger partial charge >= 0.3 is 0 Å². The molecule has 1 aromatic heterocycles. The van der Waals surface area contributed by atoms with Gasteiger partial charge in [-0.1, -0.05) is 34.8 Å². The van der Waals surface area contributed by atoms with Gasteiger partial charge in [-0.05, 0) is 42.8 Å². The van der Waals surface area contributed by atoms with Crippen LogP contribution in [0.15, 0.2) is 36.4 Å². The fraction of sp³-hybridized carbons (Fsp3) is 0.167. The highest BCUT2D eigenvalue weighted by atomic mass is 35.5. The zero-order chi connectivity index (χ0) is 17.6. The Balaban J connectivity index is 1.94. The maximum atomic E-state index is 6.40. The van der Waals surface area contributed by atoms with Crippen molar-refractivity contribution in [3.05, 3.63) is 57.0 Å². The Kier molecular flexibility index (Phi) is 4.28. The summed E-state index contributed by atoms with van der Waals surface area (Å²) in [7, 11) is 1.63. The molecule has 0 unspecified atom stereocenters. The second-order valence-electron chi connectivity index (χ2n) is 5.70. The second kappa shape index (κ2) is 6.45. The molecule has 1 aliphatic heterocycles. The first-order chi connectivity index (χ1) is 12.1. The van der Waals surface area contributed by atoms with Crippen LogP contribution in [0.5, 0.6) is 5.75 Å². The topological polar surface area (TPSA) is 39.1 Å². The van der Waals surface area contributed by atoms with Gasteiger partial charge in [-0.25, -0.2) is 4.68 Å². The number of aromatic nitrogens is 2. The van der Waals surface area contributed by atoms with Crippen LogP contribution in [0.1, 0.15) is 5.56 Å². The summed E-state index contributed by atoms with van der Waals surface area (Å²) in [5.74, 6) is 1.62. The molecule has 0 radical (unpaired) electrons. The average molecular weight is 395 g/mol. The Morgan fingerprint density at radius 1 is 1.08 bits per heavy atom. The molecule has 0 aliphatic carbocycles. The van der Waals surface area contributed by atoms with E-state index in [1.54, 1.807) is 19.2 Å². The van der Waals surface area contributed by atoms with E-state index in [4.69, 9.17) is 44.6 Å². The van der Waals surface area contributed by atoms with Gasteiger partial charge in [0.05, 0.1) is 17.8 Å². The Labute approximate surface area is 160 Å². The summed E-state index contributed by atoms with van der Waals surface area (Å²) in [4.78, 5) is 0. The van der Waals surface area contributed by atoms with E-state index in [1.165, 1.54) is 0 Å². The Hall–Kier alpha value is -1.88. The van der Waals surface area contributed by atoms with E-state index < -0.39 is 0 Å². The summed E-state index contributed by atoms with van der Waals surface area (Å²) in [6, 6.07) is 10.9. The lowest BCUT2D eigenvalue weighted by molar-refractivity contribution is 0.412. The van der Waals surface area contributed by atoms with E-state index in [2.05, 4.69) is 5.32 Å². The van der Waals surface area contributed by atoms with Crippen molar-refractivity contribution in [2.45, 2.75) is 6.42 Å². The van der Waals surface area contributed by atoms with Crippen molar-refractivity contribution in [1.82, 2.24) is 9.78 Å². The monoisotopic (exact) mass is 393 g/mol. The number of anilines is 1. The first-order valence-corrected chi connectivity index (χ1v) is 8.87. The lowest BCUT2D eigenvalue weighted by atomic mass is 10.1. The molecule has 0 amide bonds. The third kappa shape index (κ3) is 2.84. The lowest BCUT2D eigenvalue weighted by Gasteiger charge is -2.11. The number of rotatable bonds is 3. The molecule has 4 nitrogen and oxygen atoms in total. The van der Waals surface area contributed by atoms with E-state index in [-0.39, 0.29) is 0 Å². The summed E-state index contributed by atoms with van der Waals surface area (Å²) in [5.41, 5.74) is 3.58. The van der Waals surface area contributed by atoms with E-state index in [0.717, 1.165) is 41.3 Å². The number of nitrogens with one attached hydrogen (secondary N) is 1. The Morgan fingerprint density at radius 3 is 2.60 bits per heavy atom. The van der Waals surface area contributed by atoms with Gasteiger partial charge in [0.1, 0.15) is 17.3 Å². The van der Waals surface area contributed by atoms with E-state index >= 15 is 0 Å². The predicted molar refractivity (Wildman–Crippen MR) is 103 cm³/mol. The van der Waals surface area contributed by atoms with Gasteiger partial charge in [-0.15, -0.1) is 0 Å². The van der Waals surface area contributed by atoms with Gasteiger partial charge in [0.15, 0.2) is 0 Å². The summed E-state index contributed by atoms with van der Waals surface area (Å²) >= 11 is 18.6. The molecule has 2 heterocycles. The molecule has 0 fully saturated rings. The van der Waals surface area contributed by atoms with Crippen LogP contribution in [-0.4, -0.2) is 23.4 Å². The number of methoxy groups -OCH3 is 1. The van der Waals surface area contributed by atoms with Gasteiger partial charge in [0.2, 0.25) is 0 Å². The van der Waals surface area contributed by atoms with Gasteiger partial charge in [0.25, 0.3) is 0 Å². The molecule has 0 spiro atoms. The van der Waals surface area contributed by atoms with Crippen LogP contribution in [0.4, 0.5) is 5.82 Å². The highest BCUT2D eigenvalue weighted by Crippen LogP contribution is 2.40. The average Bonchev–Trinajstić information content (AvgIpc) is 3.18. The number of benzene rings is 2. The standard InChI is InChI=1S/C18H14Cl3N3O/c1-25-16-5-3-11(20)9-15(16)24-18-13(6-7-22-18)17(23-24)12-4-2-10(19)8-14(12)21/h2-5,8-9,22H,6-7H2,1H3. The predicted octanol–water partition coefficient (Wildman–Crippen LogP) is 5.48. The van der Waals surface area contributed by atoms with Crippen molar-refractivity contribution in [2.75, 3.05) is 19.0 Å². The third-order valence-electron chi connectivity index (χ3n) is 4.21. The molecule has 0 saturated heterocycles. The number of hydrogen-bond acceptors (Lipinski definition) is 3. The quantitative estimate of drug-likeness (QED) is 0.639. The summed E-state index contributed by atoms with van der Waals surface area (Å²) in [5, 5.41) is 9.98. The summed E-state index contributed by atoms with van der Waals surface area (Å²) < 4.78 is 7.30. The van der Waals surface area contributed by atoms with Crippen molar-refractivity contribution in [3.8, 4) is 22.7 Å². The van der Waals surface area contributed by atoms with Crippen LogP contribution >= 0.6 is 34.8 Å². The first kappa shape index (κ1) is 16.6. The number of ether oxygens (including phenoxy) is 1. The zero-order valence-electron chi connectivity index (χ0n) is 13.3. The van der Waals surface area contributed by atoms with E-state index in [0.29, 0.717) is 20.8 Å². The van der Waals surface area contributed by atoms with Gasteiger partial charge < -0.3 is 10.1 Å². The SMILES string of the molecule is COc1ccc(Cl)cc1-n1nc(-c2ccc(Cl)cc2Cl)c2c1NCC2. The maximum Gasteiger partial charge on any atom is 0.144 e. The summed E-state index contributed by atoms with van der Waals surface area (Å²) in [6.07, 6.45) is 0.868. The molecule has 1 N–H and O–H groups in total. The molecular formula is C18H14Cl3N3O. The lowest BCUT2D eigenvalue weighted by Crippen LogP contribution is -2.06. The molecule has 2 aromatic carbocycles. The van der Waals surface area contributed by atoms with E-state index in [9.17, 15) is 0 Å². The highest BCUT2D eigenvalue weighted by molar-refractivity contribution is 6.36. The van der Waals surface area contributed by atoms with Crippen LogP contribution in [-0.2, 0) is 6.42 Å². The molecule has 3 aromatic rings. The van der Waals surface area contributed by atoms with Crippen molar-refractivity contribution in [1.29, 1.82) is 0 Å². The minimum Gasteiger partial charge on any atom is -0.494 e. The Morgan fingerprint density at radius 2 is 1.84 bits per heavy atom. The molecule has 0 saturated carbocycles.